The van der Waals surface area contributed by atoms with E-state index in [4.69, 9.17) is 9.15 Å². The lowest BCUT2D eigenvalue weighted by Crippen LogP contribution is -2.31. The molecule has 0 bridgehead atoms. The first kappa shape index (κ1) is 15.1. The molecular weight excluding hydrogens is 306 g/mol. The molecule has 0 radical (unpaired) electrons. The minimum Gasteiger partial charge on any atom is -0.485 e. The number of furan rings is 1. The van der Waals surface area contributed by atoms with Crippen molar-refractivity contribution in [2.45, 2.75) is 25.4 Å². The number of hydrogen-bond acceptors (Lipinski definition) is 5. The number of rotatable bonds is 4. The van der Waals surface area contributed by atoms with E-state index in [9.17, 15) is 4.79 Å². The second-order valence-corrected chi connectivity index (χ2v) is 6.31. The van der Waals surface area contributed by atoms with E-state index in [-0.39, 0.29) is 12.0 Å². The molecule has 24 heavy (non-hydrogen) atoms. The third-order valence-corrected chi connectivity index (χ3v) is 4.65. The van der Waals surface area contributed by atoms with Gasteiger partial charge in [-0.05, 0) is 31.0 Å². The molecule has 2 fully saturated rings. The second kappa shape index (κ2) is 6.55. The maximum atomic E-state index is 12.4. The fourth-order valence-electron chi connectivity index (χ4n) is 3.40. The molecule has 0 unspecified atom stereocenters. The molecule has 6 nitrogen and oxygen atoms in total. The number of ether oxygens (including phenoxy) is 1. The van der Waals surface area contributed by atoms with Gasteiger partial charge in [-0.1, -0.05) is 0 Å². The number of carbonyl (C=O) groups is 1. The number of carbonyl (C=O) groups excluding carboxylic acids is 1. The van der Waals surface area contributed by atoms with Gasteiger partial charge in [0.25, 0.3) is 5.91 Å². The van der Waals surface area contributed by atoms with Crippen LogP contribution in [0.4, 0.5) is 5.82 Å². The van der Waals surface area contributed by atoms with Gasteiger partial charge in [0.1, 0.15) is 12.4 Å². The molecule has 1 amide bonds. The summed E-state index contributed by atoms with van der Waals surface area (Å²) in [6.45, 7) is 3.36. The Morgan fingerprint density at radius 3 is 2.92 bits per heavy atom. The van der Waals surface area contributed by atoms with Crippen LogP contribution in [0.15, 0.2) is 41.3 Å². The largest absolute Gasteiger partial charge is 0.485 e. The highest BCUT2D eigenvalue weighted by Gasteiger charge is 2.30. The Labute approximate surface area is 141 Å². The Morgan fingerprint density at radius 1 is 1.25 bits per heavy atom. The first-order chi connectivity index (χ1) is 11.8. The SMILES string of the molecule is O=C(c1ccoc1)N1CC[C@H](Oc2cccnc2N2CCCC2)C1. The quantitative estimate of drug-likeness (QED) is 0.864. The van der Waals surface area contributed by atoms with E-state index >= 15 is 0 Å². The van der Waals surface area contributed by atoms with Gasteiger partial charge < -0.3 is 19.0 Å². The van der Waals surface area contributed by atoms with E-state index < -0.39 is 0 Å². The molecule has 0 aliphatic carbocycles. The fraction of sp³-hybridized carbons (Fsp3) is 0.444. The van der Waals surface area contributed by atoms with Gasteiger partial charge in [0.15, 0.2) is 11.6 Å². The van der Waals surface area contributed by atoms with Crippen molar-refractivity contribution >= 4 is 11.7 Å². The summed E-state index contributed by atoms with van der Waals surface area (Å²) in [5.74, 6) is 1.75. The highest BCUT2D eigenvalue weighted by Crippen LogP contribution is 2.30. The Kier molecular flexibility index (Phi) is 4.11. The molecule has 4 rings (SSSR count). The predicted octanol–water partition coefficient (Wildman–Crippen LogP) is 2.57. The summed E-state index contributed by atoms with van der Waals surface area (Å²) >= 11 is 0. The van der Waals surface area contributed by atoms with Crippen molar-refractivity contribution < 1.29 is 13.9 Å². The monoisotopic (exact) mass is 327 g/mol. The highest BCUT2D eigenvalue weighted by molar-refractivity contribution is 5.94. The number of hydrogen-bond donors (Lipinski definition) is 0. The minimum absolute atomic E-state index is 0.000744. The number of anilines is 1. The van der Waals surface area contributed by atoms with E-state index in [2.05, 4.69) is 9.88 Å². The van der Waals surface area contributed by atoms with Crippen molar-refractivity contribution in [1.29, 1.82) is 0 Å². The van der Waals surface area contributed by atoms with Crippen LogP contribution in [-0.2, 0) is 0 Å². The number of amides is 1. The summed E-state index contributed by atoms with van der Waals surface area (Å²) in [6.07, 6.45) is 8.06. The molecular formula is C18H21N3O3. The zero-order valence-electron chi connectivity index (χ0n) is 13.6. The van der Waals surface area contributed by atoms with E-state index in [1.807, 2.05) is 23.2 Å². The highest BCUT2D eigenvalue weighted by atomic mass is 16.5. The van der Waals surface area contributed by atoms with E-state index in [1.165, 1.54) is 25.4 Å². The first-order valence-electron chi connectivity index (χ1n) is 8.49. The number of nitrogens with zero attached hydrogens (tertiary/aromatic N) is 3. The van der Waals surface area contributed by atoms with Gasteiger partial charge in [-0.3, -0.25) is 4.79 Å². The van der Waals surface area contributed by atoms with Crippen molar-refractivity contribution in [3.63, 3.8) is 0 Å². The Morgan fingerprint density at radius 2 is 2.12 bits per heavy atom. The van der Waals surface area contributed by atoms with Gasteiger partial charge >= 0.3 is 0 Å². The summed E-state index contributed by atoms with van der Waals surface area (Å²) in [4.78, 5) is 21.0. The topological polar surface area (TPSA) is 58.8 Å². The van der Waals surface area contributed by atoms with Gasteiger partial charge in [0.05, 0.1) is 18.4 Å². The molecule has 0 aromatic carbocycles. The number of pyridine rings is 1. The average molecular weight is 327 g/mol. The van der Waals surface area contributed by atoms with Crippen molar-refractivity contribution in [1.82, 2.24) is 9.88 Å². The summed E-state index contributed by atoms with van der Waals surface area (Å²) in [7, 11) is 0. The number of likely N-dealkylation sites (tertiary alicyclic amines) is 1. The Balaban J connectivity index is 1.43. The molecule has 4 heterocycles. The van der Waals surface area contributed by atoms with Gasteiger partial charge in [0.2, 0.25) is 0 Å². The summed E-state index contributed by atoms with van der Waals surface area (Å²) in [6, 6.07) is 5.57. The van der Waals surface area contributed by atoms with Crippen molar-refractivity contribution in [2.24, 2.45) is 0 Å². The van der Waals surface area contributed by atoms with Crippen molar-refractivity contribution in [3.8, 4) is 5.75 Å². The van der Waals surface area contributed by atoms with Gasteiger partial charge in [-0.25, -0.2) is 4.98 Å². The lowest BCUT2D eigenvalue weighted by molar-refractivity contribution is 0.0772. The van der Waals surface area contributed by atoms with Crippen LogP contribution < -0.4 is 9.64 Å². The lowest BCUT2D eigenvalue weighted by atomic mass is 10.3. The van der Waals surface area contributed by atoms with Gasteiger partial charge in [-0.15, -0.1) is 0 Å². The minimum atomic E-state index is 0.000744. The Hall–Kier alpha value is -2.50. The molecule has 2 saturated heterocycles. The first-order valence-corrected chi connectivity index (χ1v) is 8.49. The van der Waals surface area contributed by atoms with Crippen molar-refractivity contribution in [2.75, 3.05) is 31.1 Å². The normalized spacial score (nSPS) is 20.6. The van der Waals surface area contributed by atoms with Crippen LogP contribution in [0.2, 0.25) is 0 Å². The molecule has 0 saturated carbocycles. The standard InChI is InChI=1S/C18H21N3O3/c22-18(14-6-11-23-13-14)21-10-5-15(12-21)24-16-4-3-7-19-17(16)20-8-1-2-9-20/h3-4,6-7,11,13,15H,1-2,5,8-10,12H2/t15-/m0/s1. The maximum Gasteiger partial charge on any atom is 0.257 e. The third kappa shape index (κ3) is 2.96. The van der Waals surface area contributed by atoms with Crippen LogP contribution in [0.5, 0.6) is 5.75 Å². The molecule has 2 aliphatic rings. The molecule has 6 heteroatoms. The van der Waals surface area contributed by atoms with Crippen LogP contribution >= 0.6 is 0 Å². The predicted molar refractivity (Wildman–Crippen MR) is 89.3 cm³/mol. The molecule has 126 valence electrons. The zero-order chi connectivity index (χ0) is 16.4. The number of aromatic nitrogens is 1. The van der Waals surface area contributed by atoms with E-state index in [1.54, 1.807) is 6.07 Å². The molecule has 0 N–H and O–H groups in total. The van der Waals surface area contributed by atoms with E-state index in [0.29, 0.717) is 18.7 Å². The molecule has 2 aliphatic heterocycles. The lowest BCUT2D eigenvalue weighted by Gasteiger charge is -2.22. The summed E-state index contributed by atoms with van der Waals surface area (Å²) in [5, 5.41) is 0. The van der Waals surface area contributed by atoms with Gasteiger partial charge in [0, 0.05) is 32.3 Å². The van der Waals surface area contributed by atoms with Crippen LogP contribution in [-0.4, -0.2) is 48.1 Å². The van der Waals surface area contributed by atoms with Gasteiger partial charge in [-0.2, -0.15) is 0 Å². The van der Waals surface area contributed by atoms with Crippen LogP contribution in [0.25, 0.3) is 0 Å². The average Bonchev–Trinajstić information content (AvgIpc) is 3.36. The molecule has 2 aromatic heterocycles. The third-order valence-electron chi connectivity index (χ3n) is 4.65. The molecule has 2 aromatic rings. The molecule has 0 spiro atoms. The summed E-state index contributed by atoms with van der Waals surface area (Å²) < 4.78 is 11.2. The zero-order valence-corrected chi connectivity index (χ0v) is 13.6. The van der Waals surface area contributed by atoms with Crippen LogP contribution in [0.1, 0.15) is 29.6 Å². The fourth-order valence-corrected chi connectivity index (χ4v) is 3.40. The summed E-state index contributed by atoms with van der Waals surface area (Å²) in [5.41, 5.74) is 0.592. The van der Waals surface area contributed by atoms with Crippen molar-refractivity contribution in [3.05, 3.63) is 42.5 Å². The van der Waals surface area contributed by atoms with Crippen LogP contribution in [0.3, 0.4) is 0 Å². The Bertz CT molecular complexity index is 695. The second-order valence-electron chi connectivity index (χ2n) is 6.31. The van der Waals surface area contributed by atoms with E-state index in [0.717, 1.165) is 31.1 Å². The smallest absolute Gasteiger partial charge is 0.257 e. The van der Waals surface area contributed by atoms with Crippen LogP contribution in [0, 0.1) is 0 Å². The maximum absolute atomic E-state index is 12.4. The molecule has 1 atom stereocenters.